The lowest BCUT2D eigenvalue weighted by Gasteiger charge is -2.15. The maximum absolute atomic E-state index is 12.8. The lowest BCUT2D eigenvalue weighted by molar-refractivity contribution is -0.114. The smallest absolute Gasteiger partial charge is 0.297 e. The Morgan fingerprint density at radius 1 is 1.00 bits per heavy atom. The summed E-state index contributed by atoms with van der Waals surface area (Å²) in [5.74, 6) is -2.12. The van der Waals surface area contributed by atoms with Crippen LogP contribution in [0.3, 0.4) is 0 Å². The van der Waals surface area contributed by atoms with E-state index in [0.717, 1.165) is 4.90 Å². The molecular formula is C16H10FNO3. The van der Waals surface area contributed by atoms with Gasteiger partial charge in [-0.25, -0.2) is 4.39 Å². The number of nitrogens with zero attached hydrogens (tertiary/aromatic N) is 1. The number of halogens is 1. The first-order chi connectivity index (χ1) is 10.1. The van der Waals surface area contributed by atoms with Gasteiger partial charge in [-0.15, -0.1) is 0 Å². The van der Waals surface area contributed by atoms with Gasteiger partial charge in [-0.05, 0) is 36.4 Å². The van der Waals surface area contributed by atoms with E-state index in [9.17, 15) is 18.8 Å². The molecule has 1 heterocycles. The first-order valence-corrected chi connectivity index (χ1v) is 6.32. The standard InChI is InChI=1S/C16H10FNO3/c17-11-7-5-10(6-8-11)14(19)9-18-13-4-2-1-3-12(13)15(20)16(18)21/h1-8H,9H2. The quantitative estimate of drug-likeness (QED) is 0.641. The third kappa shape index (κ3) is 2.23. The van der Waals surface area contributed by atoms with Crippen molar-refractivity contribution in [2.75, 3.05) is 11.4 Å². The van der Waals surface area contributed by atoms with Crippen LogP contribution in [0.25, 0.3) is 0 Å². The molecule has 1 amide bonds. The number of ketones is 2. The van der Waals surface area contributed by atoms with E-state index < -0.39 is 17.5 Å². The Morgan fingerprint density at radius 2 is 1.67 bits per heavy atom. The molecule has 0 unspecified atom stereocenters. The molecule has 0 aromatic heterocycles. The number of amides is 1. The Bertz CT molecular complexity index is 752. The molecule has 0 N–H and O–H groups in total. The maximum Gasteiger partial charge on any atom is 0.299 e. The van der Waals surface area contributed by atoms with Gasteiger partial charge in [0.2, 0.25) is 0 Å². The number of rotatable bonds is 3. The van der Waals surface area contributed by atoms with E-state index in [0.29, 0.717) is 16.8 Å². The fraction of sp³-hybridized carbons (Fsp3) is 0.0625. The van der Waals surface area contributed by atoms with Gasteiger partial charge < -0.3 is 0 Å². The molecule has 1 aliphatic rings. The zero-order chi connectivity index (χ0) is 15.0. The molecule has 104 valence electrons. The van der Waals surface area contributed by atoms with Gasteiger partial charge in [-0.1, -0.05) is 12.1 Å². The highest BCUT2D eigenvalue weighted by atomic mass is 19.1. The van der Waals surface area contributed by atoms with Crippen molar-refractivity contribution in [2.45, 2.75) is 0 Å². The van der Waals surface area contributed by atoms with Crippen LogP contribution in [-0.2, 0) is 4.79 Å². The molecule has 0 bridgehead atoms. The van der Waals surface area contributed by atoms with Crippen molar-refractivity contribution in [1.82, 2.24) is 0 Å². The van der Waals surface area contributed by atoms with Crippen LogP contribution in [0.5, 0.6) is 0 Å². The summed E-state index contributed by atoms with van der Waals surface area (Å²) in [6.45, 7) is -0.243. The van der Waals surface area contributed by atoms with E-state index in [1.54, 1.807) is 24.3 Å². The highest BCUT2D eigenvalue weighted by Gasteiger charge is 2.36. The van der Waals surface area contributed by atoms with Crippen LogP contribution in [-0.4, -0.2) is 24.0 Å². The number of hydrogen-bond donors (Lipinski definition) is 0. The molecule has 0 saturated heterocycles. The van der Waals surface area contributed by atoms with Gasteiger partial charge in [0.1, 0.15) is 5.82 Å². The summed E-state index contributed by atoms with van der Waals surface area (Å²) < 4.78 is 12.8. The van der Waals surface area contributed by atoms with Crippen LogP contribution in [0.15, 0.2) is 48.5 Å². The fourth-order valence-electron chi connectivity index (χ4n) is 2.28. The summed E-state index contributed by atoms with van der Waals surface area (Å²) in [7, 11) is 0. The van der Waals surface area contributed by atoms with Crippen LogP contribution >= 0.6 is 0 Å². The number of hydrogen-bond acceptors (Lipinski definition) is 3. The lowest BCUT2D eigenvalue weighted by atomic mass is 10.1. The Morgan fingerprint density at radius 3 is 2.38 bits per heavy atom. The average Bonchev–Trinajstić information content (AvgIpc) is 2.73. The summed E-state index contributed by atoms with van der Waals surface area (Å²) in [6, 6.07) is 11.6. The van der Waals surface area contributed by atoms with Crippen LogP contribution in [0.1, 0.15) is 20.7 Å². The fourth-order valence-corrected chi connectivity index (χ4v) is 2.28. The van der Waals surface area contributed by atoms with E-state index in [-0.39, 0.29) is 12.3 Å². The summed E-state index contributed by atoms with van der Waals surface area (Å²) in [6.07, 6.45) is 0. The predicted octanol–water partition coefficient (Wildman–Crippen LogP) is 2.24. The van der Waals surface area contributed by atoms with E-state index in [1.807, 2.05) is 0 Å². The first-order valence-electron chi connectivity index (χ1n) is 6.32. The van der Waals surface area contributed by atoms with Crippen molar-refractivity contribution in [1.29, 1.82) is 0 Å². The van der Waals surface area contributed by atoms with Gasteiger partial charge in [0.25, 0.3) is 11.7 Å². The molecular weight excluding hydrogens is 273 g/mol. The van der Waals surface area contributed by atoms with E-state index >= 15 is 0 Å². The Balaban J connectivity index is 1.88. The van der Waals surface area contributed by atoms with Crippen LogP contribution in [0.4, 0.5) is 10.1 Å². The molecule has 0 radical (unpaired) electrons. The van der Waals surface area contributed by atoms with Gasteiger partial charge in [0.15, 0.2) is 5.78 Å². The molecule has 2 aromatic carbocycles. The molecule has 0 saturated carbocycles. The molecule has 3 rings (SSSR count). The normalized spacial score (nSPS) is 13.5. The molecule has 0 atom stereocenters. The Labute approximate surface area is 119 Å². The van der Waals surface area contributed by atoms with Crippen LogP contribution in [0.2, 0.25) is 0 Å². The number of para-hydroxylation sites is 1. The molecule has 1 aliphatic heterocycles. The lowest BCUT2D eigenvalue weighted by Crippen LogP contribution is -2.34. The van der Waals surface area contributed by atoms with Gasteiger partial charge >= 0.3 is 0 Å². The SMILES string of the molecule is O=C(CN1C(=O)C(=O)c2ccccc21)c1ccc(F)cc1. The number of anilines is 1. The minimum atomic E-state index is -0.716. The highest BCUT2D eigenvalue weighted by Crippen LogP contribution is 2.28. The highest BCUT2D eigenvalue weighted by molar-refractivity contribution is 6.52. The Hall–Kier alpha value is -2.82. The van der Waals surface area contributed by atoms with Crippen LogP contribution < -0.4 is 4.90 Å². The summed E-state index contributed by atoms with van der Waals surface area (Å²) in [5.41, 5.74) is 1.03. The van der Waals surface area contributed by atoms with Crippen molar-refractivity contribution >= 4 is 23.2 Å². The number of fused-ring (bicyclic) bond motifs is 1. The molecule has 2 aromatic rings. The largest absolute Gasteiger partial charge is 0.299 e. The van der Waals surface area contributed by atoms with Crippen molar-refractivity contribution in [3.05, 3.63) is 65.5 Å². The summed E-state index contributed by atoms with van der Waals surface area (Å²) in [4.78, 5) is 37.1. The van der Waals surface area contributed by atoms with Gasteiger partial charge in [-0.2, -0.15) is 0 Å². The molecule has 21 heavy (non-hydrogen) atoms. The minimum Gasteiger partial charge on any atom is -0.297 e. The van der Waals surface area contributed by atoms with Gasteiger partial charge in [0.05, 0.1) is 17.8 Å². The number of carbonyl (C=O) groups is 3. The van der Waals surface area contributed by atoms with Gasteiger partial charge in [-0.3, -0.25) is 19.3 Å². The summed E-state index contributed by atoms with van der Waals surface area (Å²) >= 11 is 0. The second-order valence-electron chi connectivity index (χ2n) is 4.67. The van der Waals surface area contributed by atoms with E-state index in [4.69, 9.17) is 0 Å². The monoisotopic (exact) mass is 283 g/mol. The zero-order valence-electron chi connectivity index (χ0n) is 10.9. The third-order valence-electron chi connectivity index (χ3n) is 3.35. The molecule has 5 heteroatoms. The van der Waals surface area contributed by atoms with Crippen molar-refractivity contribution in [3.63, 3.8) is 0 Å². The molecule has 0 aliphatic carbocycles. The van der Waals surface area contributed by atoms with Crippen LogP contribution in [0, 0.1) is 5.82 Å². The number of benzene rings is 2. The van der Waals surface area contributed by atoms with Crippen molar-refractivity contribution in [2.24, 2.45) is 0 Å². The topological polar surface area (TPSA) is 54.5 Å². The van der Waals surface area contributed by atoms with E-state index in [2.05, 4.69) is 0 Å². The first kappa shape index (κ1) is 13.2. The van der Waals surface area contributed by atoms with Crippen molar-refractivity contribution in [3.8, 4) is 0 Å². The zero-order valence-corrected chi connectivity index (χ0v) is 10.9. The van der Waals surface area contributed by atoms with Gasteiger partial charge in [0, 0.05) is 5.56 Å². The van der Waals surface area contributed by atoms with Crippen molar-refractivity contribution < 1.29 is 18.8 Å². The molecule has 4 nitrogen and oxygen atoms in total. The third-order valence-corrected chi connectivity index (χ3v) is 3.35. The van der Waals surface area contributed by atoms with E-state index in [1.165, 1.54) is 24.3 Å². The predicted molar refractivity (Wildman–Crippen MR) is 73.9 cm³/mol. The average molecular weight is 283 g/mol. The second-order valence-corrected chi connectivity index (χ2v) is 4.67. The Kier molecular flexibility index (Phi) is 3.10. The minimum absolute atomic E-state index is 0.243. The second kappa shape index (κ2) is 4.94. The maximum atomic E-state index is 12.8. The number of Topliss-reactive ketones (excluding diaryl/α,β-unsaturated/α-hetero) is 2. The summed E-state index contributed by atoms with van der Waals surface area (Å²) in [5, 5.41) is 0. The molecule has 0 fully saturated rings. The number of carbonyl (C=O) groups excluding carboxylic acids is 3. The molecule has 0 spiro atoms.